The fraction of sp³-hybridized carbons (Fsp3) is 0.107. The molecule has 0 spiro atoms. The maximum atomic E-state index is 2.65. The van der Waals surface area contributed by atoms with Crippen molar-refractivity contribution >= 4 is 112 Å². The van der Waals surface area contributed by atoms with E-state index in [1.807, 2.05) is 0 Å². The molecule has 0 fully saturated rings. The summed E-state index contributed by atoms with van der Waals surface area (Å²) in [7, 11) is 0. The third-order valence-electron chi connectivity index (χ3n) is 26.2. The van der Waals surface area contributed by atoms with E-state index in [0.29, 0.717) is 0 Å². The van der Waals surface area contributed by atoms with Crippen molar-refractivity contribution < 1.29 is 0 Å². The number of para-hydroxylation sites is 8. The van der Waals surface area contributed by atoms with E-state index in [2.05, 4.69) is 491 Å². The molecule has 0 radical (unpaired) electrons. The van der Waals surface area contributed by atoms with Crippen molar-refractivity contribution in [2.24, 2.45) is 0 Å². The fourth-order valence-electron chi connectivity index (χ4n) is 20.1. The molecule has 2 heterocycles. The number of hydrogen-bond acceptors (Lipinski definition) is 4. The molecule has 0 saturated heterocycles. The van der Waals surface area contributed by atoms with E-state index < -0.39 is 0 Å². The van der Waals surface area contributed by atoms with Crippen LogP contribution in [0.15, 0.2) is 449 Å². The number of benzene rings is 18. The average Bonchev–Trinajstić information content (AvgIpc) is 1.54. The second-order valence-electron chi connectivity index (χ2n) is 34.0. The van der Waals surface area contributed by atoms with Gasteiger partial charge in [-0.3, -0.25) is 0 Å². The first kappa shape index (κ1) is 79.0. The Morgan fingerprint density at radius 2 is 0.394 bits per heavy atom. The van der Waals surface area contributed by atoms with Crippen LogP contribution in [0.3, 0.4) is 0 Å². The molecule has 21 rings (SSSR count). The van der Waals surface area contributed by atoms with Crippen LogP contribution >= 0.6 is 0 Å². The Morgan fingerprint density at radius 3 is 0.606 bits per heavy atom. The maximum Gasteiger partial charge on any atom is 0.0541 e. The Labute approximate surface area is 746 Å². The fourth-order valence-corrected chi connectivity index (χ4v) is 20.1. The lowest BCUT2D eigenvalue weighted by atomic mass is 9.70. The smallest absolute Gasteiger partial charge is 0.0541 e. The molecule has 0 atom stereocenters. The van der Waals surface area contributed by atoms with Crippen molar-refractivity contribution in [1.29, 1.82) is 0 Å². The molecule has 1 aliphatic carbocycles. The van der Waals surface area contributed by atoms with Gasteiger partial charge in [-0.2, -0.15) is 0 Å². The Morgan fingerprint density at radius 1 is 0.189 bits per heavy atom. The van der Waals surface area contributed by atoms with E-state index in [-0.39, 0.29) is 5.41 Å². The topological polar surface area (TPSA) is 22.8 Å². The molecule has 1 aliphatic rings. The molecule has 18 aromatic carbocycles. The van der Waals surface area contributed by atoms with E-state index in [1.54, 1.807) is 0 Å². The van der Waals surface area contributed by atoms with Gasteiger partial charge in [0.15, 0.2) is 0 Å². The van der Waals surface area contributed by atoms with Crippen LogP contribution in [0, 0.1) is 0 Å². The van der Waals surface area contributed by atoms with E-state index >= 15 is 0 Å². The second kappa shape index (κ2) is 35.2. The monoisotopic (exact) mass is 1640 g/mol. The van der Waals surface area contributed by atoms with Crippen LogP contribution in [-0.2, 0) is 5.41 Å². The predicted octanol–water partition coefficient (Wildman–Crippen LogP) is 34.6. The SMILES string of the molecule is CCCCCCC1(CCCCCC)c2cc(-n3c4ccc(-c5ccc(N(c6ccccc6)c6ccccc6)cc5)cc4c4cc(-c5ccc(N(c6ccccc6)c6ccccc6)cc5)ccc43)ccc2-c2ccc(-n3c4ccc(-c5ccc(N(c6ccccc6)c6ccccc6)cc5)cc4c4cc(-c5ccc(N(c6ccccc6)c6ccccc6)cc5)ccc43)cc21. The molecule has 0 amide bonds. The summed E-state index contributed by atoms with van der Waals surface area (Å²) in [6.45, 7) is 4.70. The molecule has 0 unspecified atom stereocenters. The molecule has 614 valence electrons. The zero-order chi connectivity index (χ0) is 85.0. The molecule has 6 heteroatoms. The molecule has 0 bridgehead atoms. The first-order valence-electron chi connectivity index (χ1n) is 45.4. The number of rotatable bonds is 28. The van der Waals surface area contributed by atoms with Crippen molar-refractivity contribution in [3.8, 4) is 67.0 Å². The average molecular weight is 1640 g/mol. The van der Waals surface area contributed by atoms with Gasteiger partial charge in [-0.1, -0.05) is 296 Å². The quantitative estimate of drug-likeness (QED) is 0.0456. The van der Waals surface area contributed by atoms with Gasteiger partial charge >= 0.3 is 0 Å². The molecule has 0 aliphatic heterocycles. The van der Waals surface area contributed by atoms with Gasteiger partial charge in [0.2, 0.25) is 0 Å². The zero-order valence-corrected chi connectivity index (χ0v) is 72.0. The first-order valence-corrected chi connectivity index (χ1v) is 45.4. The molecule has 0 saturated carbocycles. The summed E-state index contributed by atoms with van der Waals surface area (Å²) in [6, 6.07) is 166. The highest BCUT2D eigenvalue weighted by Gasteiger charge is 2.43. The number of aromatic nitrogens is 2. The van der Waals surface area contributed by atoms with Crippen molar-refractivity contribution in [1.82, 2.24) is 9.13 Å². The van der Waals surface area contributed by atoms with E-state index in [9.17, 15) is 0 Å². The van der Waals surface area contributed by atoms with Crippen LogP contribution in [0.1, 0.15) is 89.2 Å². The summed E-state index contributed by atoms with van der Waals surface area (Å²) < 4.78 is 5.18. The van der Waals surface area contributed by atoms with Crippen molar-refractivity contribution in [3.05, 3.63) is 460 Å². The summed E-state index contributed by atoms with van der Waals surface area (Å²) in [5, 5.41) is 4.86. The first-order chi connectivity index (χ1) is 62.9. The Bertz CT molecular complexity index is 6260. The summed E-state index contributed by atoms with van der Waals surface area (Å²) in [5.74, 6) is 0. The summed E-state index contributed by atoms with van der Waals surface area (Å²) in [6.07, 6.45) is 11.6. The molecular weight excluding hydrogens is 1540 g/mol. The van der Waals surface area contributed by atoms with Gasteiger partial charge in [0.05, 0.1) is 22.1 Å². The lowest BCUT2D eigenvalue weighted by molar-refractivity contribution is 0.401. The minimum absolute atomic E-state index is 0.270. The molecule has 20 aromatic rings. The van der Waals surface area contributed by atoms with Crippen LogP contribution in [0.5, 0.6) is 0 Å². The van der Waals surface area contributed by atoms with Crippen LogP contribution in [0.25, 0.3) is 111 Å². The number of hydrogen-bond donors (Lipinski definition) is 0. The summed E-state index contributed by atoms with van der Waals surface area (Å²) in [4.78, 5) is 9.36. The number of fused-ring (bicyclic) bond motifs is 9. The van der Waals surface area contributed by atoms with Gasteiger partial charge in [-0.05, 0) is 298 Å². The molecule has 0 N–H and O–H groups in total. The molecule has 6 nitrogen and oxygen atoms in total. The lowest BCUT2D eigenvalue weighted by Crippen LogP contribution is -2.26. The van der Waals surface area contributed by atoms with Gasteiger partial charge in [0.25, 0.3) is 0 Å². The van der Waals surface area contributed by atoms with Gasteiger partial charge in [-0.25, -0.2) is 0 Å². The third kappa shape index (κ3) is 15.3. The summed E-state index contributed by atoms with van der Waals surface area (Å²) in [5.41, 5.74) is 35.1. The predicted molar refractivity (Wildman–Crippen MR) is 539 cm³/mol. The van der Waals surface area contributed by atoms with Crippen molar-refractivity contribution in [3.63, 3.8) is 0 Å². The van der Waals surface area contributed by atoms with Crippen LogP contribution in [0.4, 0.5) is 68.2 Å². The minimum atomic E-state index is -0.270. The number of unbranched alkanes of at least 4 members (excludes halogenated alkanes) is 6. The molecule has 2 aromatic heterocycles. The number of nitrogens with zero attached hydrogens (tertiary/aromatic N) is 6. The Kier molecular flexibility index (Phi) is 21.9. The van der Waals surface area contributed by atoms with Gasteiger partial charge in [0, 0.05) is 107 Å². The van der Waals surface area contributed by atoms with E-state index in [1.165, 1.54) is 138 Å². The third-order valence-corrected chi connectivity index (χ3v) is 26.2. The van der Waals surface area contributed by atoms with Crippen molar-refractivity contribution in [2.75, 3.05) is 19.6 Å². The maximum absolute atomic E-state index is 2.65. The number of anilines is 12. The van der Waals surface area contributed by atoms with E-state index in [4.69, 9.17) is 0 Å². The van der Waals surface area contributed by atoms with Gasteiger partial charge < -0.3 is 28.7 Å². The Balaban J connectivity index is 0.702. The normalized spacial score (nSPS) is 12.1. The largest absolute Gasteiger partial charge is 0.311 e. The second-order valence-corrected chi connectivity index (χ2v) is 34.0. The van der Waals surface area contributed by atoms with E-state index in [0.717, 1.165) is 116 Å². The highest BCUT2D eigenvalue weighted by Crippen LogP contribution is 2.57. The molecule has 127 heavy (non-hydrogen) atoms. The highest BCUT2D eigenvalue weighted by molar-refractivity contribution is 6.13. The van der Waals surface area contributed by atoms with Crippen LogP contribution in [-0.4, -0.2) is 9.13 Å². The zero-order valence-electron chi connectivity index (χ0n) is 72.0. The summed E-state index contributed by atoms with van der Waals surface area (Å²) >= 11 is 0. The lowest BCUT2D eigenvalue weighted by Gasteiger charge is -2.33. The molecular formula is C121H100N6. The minimum Gasteiger partial charge on any atom is -0.311 e. The van der Waals surface area contributed by atoms with Crippen LogP contribution < -0.4 is 19.6 Å². The van der Waals surface area contributed by atoms with Crippen molar-refractivity contribution in [2.45, 2.75) is 83.5 Å². The Hall–Kier alpha value is -15.2. The highest BCUT2D eigenvalue weighted by atomic mass is 15.2. The van der Waals surface area contributed by atoms with Gasteiger partial charge in [0.1, 0.15) is 0 Å². The van der Waals surface area contributed by atoms with Gasteiger partial charge in [-0.15, -0.1) is 0 Å². The standard InChI is InChI=1S/C121H100N6/c1-3-5-7-33-79-121(80-34-8-6-4-2)115-85-107(126-117-75-59-91(87-51-63-103(64-52-87)122(95-35-17-9-18-36-95)96-37-19-10-20-38-96)81-111(117)112-82-92(60-76-118(112)126)88-53-65-104(66-54-88)123(97-39-21-11-22-40-97)98-41-23-12-24-42-98)71-73-109(115)110-74-72-108(86-116(110)121)127-119-77-61-93(89-55-67-105(68-56-89)124(99-43-25-13-26-44-99)100-45-27-14-28-46-100)83-113(119)114-84-94(62-78-120(114)127)90-57-69-106(70-58-90)125(101-47-29-15-30-48-101)102-49-31-16-32-50-102/h9-32,35-78,81-86H,3-8,33-34,79-80H2,1-2H3. The van der Waals surface area contributed by atoms with Crippen LogP contribution in [0.2, 0.25) is 0 Å².